The molecule has 10 heteroatoms. The first kappa shape index (κ1) is 19.3. The highest BCUT2D eigenvalue weighted by Crippen LogP contribution is 2.23. The third-order valence-corrected chi connectivity index (χ3v) is 4.56. The van der Waals surface area contributed by atoms with E-state index in [-0.39, 0.29) is 6.54 Å². The van der Waals surface area contributed by atoms with Gasteiger partial charge < -0.3 is 15.4 Å². The lowest BCUT2D eigenvalue weighted by molar-refractivity contribution is -0.130. The molecule has 1 atom stereocenters. The van der Waals surface area contributed by atoms with Crippen molar-refractivity contribution in [1.29, 1.82) is 0 Å². The Bertz CT molecular complexity index is 1140. The maximum atomic E-state index is 12.3. The van der Waals surface area contributed by atoms with Crippen LogP contribution in [-0.2, 0) is 0 Å². The molecule has 4 N–H and O–H groups in total. The van der Waals surface area contributed by atoms with E-state index in [0.29, 0.717) is 30.1 Å². The largest absolute Gasteiger partial charge is 0.401 e. The predicted molar refractivity (Wildman–Crippen MR) is 102 cm³/mol. The van der Waals surface area contributed by atoms with Gasteiger partial charge in [0, 0.05) is 28.9 Å². The number of fused-ring (bicyclic) bond motifs is 2. The molecule has 1 aliphatic rings. The quantitative estimate of drug-likeness (QED) is 0.461. The van der Waals surface area contributed by atoms with Gasteiger partial charge in [0.05, 0.1) is 18.6 Å². The molecule has 0 saturated heterocycles. The molecule has 0 fully saturated rings. The van der Waals surface area contributed by atoms with E-state index < -0.39 is 18.9 Å². The summed E-state index contributed by atoms with van der Waals surface area (Å²) in [5.74, 6) is 0.977. The Labute approximate surface area is 163 Å². The summed E-state index contributed by atoms with van der Waals surface area (Å²) in [4.78, 5) is 16.8. The van der Waals surface area contributed by atoms with Crippen LogP contribution in [0.4, 0.5) is 19.0 Å². The third-order valence-electron chi connectivity index (χ3n) is 4.56. The summed E-state index contributed by atoms with van der Waals surface area (Å²) in [6.45, 7) is -0.804. The zero-order chi connectivity index (χ0) is 20.4. The van der Waals surface area contributed by atoms with Gasteiger partial charge in [0.2, 0.25) is 0 Å². The molecule has 1 aliphatic heterocycles. The molecule has 152 valence electrons. The minimum atomic E-state index is -4.40. The molecule has 0 spiro atoms. The fraction of sp³-hybridized carbons (Fsp3) is 0.316. The van der Waals surface area contributed by atoms with Crippen LogP contribution in [0.1, 0.15) is 12.2 Å². The van der Waals surface area contributed by atoms with Gasteiger partial charge in [0.25, 0.3) is 0 Å². The van der Waals surface area contributed by atoms with E-state index in [4.69, 9.17) is 0 Å². The molecular formula is C19H19F3N6O. The number of hydrogen-bond acceptors (Lipinski definition) is 6. The molecule has 0 aliphatic carbocycles. The molecule has 7 nitrogen and oxygen atoms in total. The molecule has 0 radical (unpaired) electrons. The number of para-hydroxylation sites is 1. The predicted octanol–water partition coefficient (Wildman–Crippen LogP) is 1.06. The van der Waals surface area contributed by atoms with Gasteiger partial charge in [-0.3, -0.25) is 10.3 Å². The minimum Gasteiger partial charge on any atom is -0.377 e. The second-order valence-electron chi connectivity index (χ2n) is 6.66. The van der Waals surface area contributed by atoms with Crippen molar-refractivity contribution in [2.75, 3.05) is 25.0 Å². The highest BCUT2D eigenvalue weighted by Gasteiger charge is 2.27. The van der Waals surface area contributed by atoms with Gasteiger partial charge in [-0.1, -0.05) is 12.1 Å². The van der Waals surface area contributed by atoms with Crippen LogP contribution in [0, 0.1) is 0 Å². The number of aliphatic hydroxyl groups is 1. The van der Waals surface area contributed by atoms with Crippen molar-refractivity contribution in [3.8, 4) is 0 Å². The number of nitrogens with zero attached hydrogens (tertiary/aromatic N) is 3. The van der Waals surface area contributed by atoms with E-state index in [1.165, 1.54) is 0 Å². The van der Waals surface area contributed by atoms with E-state index in [2.05, 4.69) is 25.3 Å². The number of H-pyrrole nitrogens is 1. The molecule has 29 heavy (non-hydrogen) atoms. The average molecular weight is 404 g/mol. The van der Waals surface area contributed by atoms with Crippen molar-refractivity contribution < 1.29 is 18.3 Å². The average Bonchev–Trinajstić information content (AvgIpc) is 3.18. The summed E-state index contributed by atoms with van der Waals surface area (Å²) in [5, 5.41) is 16.5. The molecule has 3 aromatic rings. The summed E-state index contributed by atoms with van der Waals surface area (Å²) in [6.07, 6.45) is -3.29. The van der Waals surface area contributed by atoms with E-state index >= 15 is 0 Å². The summed E-state index contributed by atoms with van der Waals surface area (Å²) >= 11 is 0. The van der Waals surface area contributed by atoms with Gasteiger partial charge in [-0.25, -0.2) is 9.97 Å². The summed E-state index contributed by atoms with van der Waals surface area (Å²) in [6, 6.07) is 9.26. The van der Waals surface area contributed by atoms with E-state index in [1.807, 2.05) is 41.8 Å². The van der Waals surface area contributed by atoms with Crippen molar-refractivity contribution in [3.63, 3.8) is 0 Å². The number of alkyl halides is 3. The molecule has 1 unspecified atom stereocenters. The number of nitrogens with one attached hydrogen (secondary N) is 3. The maximum absolute atomic E-state index is 12.3. The number of aliphatic hydroxyl groups excluding tert-OH is 1. The van der Waals surface area contributed by atoms with Gasteiger partial charge in [0.15, 0.2) is 5.82 Å². The SMILES string of the molecule is OC(CNc1nc(C2=c3cc[nH]c3=NCC2)nc2ccccc12)NCC(F)(F)F. The molecule has 1 aromatic carbocycles. The Morgan fingerprint density at radius 2 is 2.00 bits per heavy atom. The first-order chi connectivity index (χ1) is 13.9. The summed E-state index contributed by atoms with van der Waals surface area (Å²) < 4.78 is 36.9. The summed E-state index contributed by atoms with van der Waals surface area (Å²) in [5.41, 5.74) is 2.43. The van der Waals surface area contributed by atoms with E-state index in [9.17, 15) is 18.3 Å². The van der Waals surface area contributed by atoms with Crippen LogP contribution in [0.25, 0.3) is 16.5 Å². The van der Waals surface area contributed by atoms with Crippen molar-refractivity contribution in [1.82, 2.24) is 20.3 Å². The standard InChI is InChI=1S/C19H19F3N6O/c20-19(21,22)10-26-15(29)9-25-17-13-3-1-2-4-14(13)27-18(28-17)12-6-8-24-16-11(12)5-7-23-16/h1-5,7,15,26,29H,6,8-10H2,(H,23,24)(H,25,27,28). The fourth-order valence-corrected chi connectivity index (χ4v) is 3.23. The monoisotopic (exact) mass is 404 g/mol. The molecule has 0 saturated carbocycles. The highest BCUT2D eigenvalue weighted by molar-refractivity contribution is 5.90. The second-order valence-corrected chi connectivity index (χ2v) is 6.66. The van der Waals surface area contributed by atoms with Crippen molar-refractivity contribution in [2.45, 2.75) is 18.8 Å². The lowest BCUT2D eigenvalue weighted by Gasteiger charge is -2.17. The lowest BCUT2D eigenvalue weighted by atomic mass is 10.1. The van der Waals surface area contributed by atoms with Crippen LogP contribution in [0.15, 0.2) is 41.5 Å². The lowest BCUT2D eigenvalue weighted by Crippen LogP contribution is -2.41. The number of rotatable bonds is 6. The number of anilines is 1. The fourth-order valence-electron chi connectivity index (χ4n) is 3.23. The molecule has 2 aromatic heterocycles. The Hall–Kier alpha value is -2.98. The van der Waals surface area contributed by atoms with Gasteiger partial charge in [0.1, 0.15) is 17.5 Å². The van der Waals surface area contributed by atoms with Gasteiger partial charge in [-0.15, -0.1) is 0 Å². The van der Waals surface area contributed by atoms with Crippen LogP contribution < -0.4 is 21.3 Å². The summed E-state index contributed by atoms with van der Waals surface area (Å²) in [7, 11) is 0. The van der Waals surface area contributed by atoms with Crippen molar-refractivity contribution in [2.24, 2.45) is 4.99 Å². The molecule has 0 amide bonds. The minimum absolute atomic E-state index is 0.142. The van der Waals surface area contributed by atoms with Gasteiger partial charge in [-0.2, -0.15) is 13.2 Å². The molecule has 4 rings (SSSR count). The molecule has 3 heterocycles. The third kappa shape index (κ3) is 4.38. The topological polar surface area (TPSA) is 98.2 Å². The number of halogens is 3. The number of benzene rings is 1. The maximum Gasteiger partial charge on any atom is 0.401 e. The Balaban J connectivity index is 1.66. The highest BCUT2D eigenvalue weighted by atomic mass is 19.4. The van der Waals surface area contributed by atoms with Crippen molar-refractivity contribution in [3.05, 3.63) is 53.1 Å². The number of aromatic nitrogens is 3. The number of hydrogen-bond donors (Lipinski definition) is 4. The second kappa shape index (κ2) is 7.80. The van der Waals surface area contributed by atoms with Gasteiger partial charge in [-0.05, 0) is 24.6 Å². The molecule has 0 bridgehead atoms. The first-order valence-electron chi connectivity index (χ1n) is 9.11. The van der Waals surface area contributed by atoms with Crippen molar-refractivity contribution >= 4 is 22.3 Å². The Morgan fingerprint density at radius 3 is 2.83 bits per heavy atom. The van der Waals surface area contributed by atoms with E-state index in [1.54, 1.807) is 0 Å². The van der Waals surface area contributed by atoms with Gasteiger partial charge >= 0.3 is 6.18 Å². The Kier molecular flexibility index (Phi) is 5.20. The zero-order valence-corrected chi connectivity index (χ0v) is 15.3. The smallest absolute Gasteiger partial charge is 0.377 e. The molecular weight excluding hydrogens is 385 g/mol. The zero-order valence-electron chi connectivity index (χ0n) is 15.3. The van der Waals surface area contributed by atoms with Crippen LogP contribution >= 0.6 is 0 Å². The number of aromatic amines is 1. The Morgan fingerprint density at radius 1 is 1.17 bits per heavy atom. The van der Waals surface area contributed by atoms with E-state index in [0.717, 1.165) is 21.7 Å². The normalized spacial score (nSPS) is 15.1. The van der Waals surface area contributed by atoms with Crippen LogP contribution in [0.3, 0.4) is 0 Å². The first-order valence-corrected chi connectivity index (χ1v) is 9.11. The van der Waals surface area contributed by atoms with Crippen LogP contribution in [0.2, 0.25) is 0 Å². The van der Waals surface area contributed by atoms with Crippen LogP contribution in [0.5, 0.6) is 0 Å². The van der Waals surface area contributed by atoms with Crippen LogP contribution in [-0.4, -0.2) is 52.1 Å².